The molecule has 1 aliphatic carbocycles. The number of piperazine rings is 1. The molecule has 5 rings (SSSR count). The highest BCUT2D eigenvalue weighted by molar-refractivity contribution is 6.11. The van der Waals surface area contributed by atoms with Gasteiger partial charge in [0.15, 0.2) is 0 Å². The third-order valence-corrected chi connectivity index (χ3v) is 8.45. The Morgan fingerprint density at radius 1 is 1.11 bits per heavy atom. The number of carbonyl (C=O) groups excluding carboxylic acids is 2. The van der Waals surface area contributed by atoms with Crippen molar-refractivity contribution in [1.29, 1.82) is 0 Å². The van der Waals surface area contributed by atoms with Gasteiger partial charge in [-0.15, -0.1) is 0 Å². The van der Waals surface area contributed by atoms with E-state index in [-0.39, 0.29) is 12.0 Å². The fourth-order valence-corrected chi connectivity index (χ4v) is 6.24. The topological polar surface area (TPSA) is 118 Å². The third kappa shape index (κ3) is 5.25. The molecule has 3 aromatic rings. The number of amides is 2. The Morgan fingerprint density at radius 2 is 1.84 bits per heavy atom. The number of nitrogens with zero attached hydrogens (tertiary/aromatic N) is 5. The van der Waals surface area contributed by atoms with Gasteiger partial charge in [0.1, 0.15) is 11.6 Å². The zero-order valence-corrected chi connectivity index (χ0v) is 22.3. The molecule has 9 nitrogen and oxygen atoms in total. The summed E-state index contributed by atoms with van der Waals surface area (Å²) >= 11 is 0. The van der Waals surface area contributed by atoms with Crippen molar-refractivity contribution in [3.63, 3.8) is 0 Å². The molecule has 1 aromatic carbocycles. The fraction of sp³-hybridized carbons (Fsp3) is 0.517. The summed E-state index contributed by atoms with van der Waals surface area (Å²) in [5.74, 6) is 2.15. The van der Waals surface area contributed by atoms with Gasteiger partial charge in [-0.05, 0) is 55.7 Å². The fourth-order valence-electron chi connectivity index (χ4n) is 6.24. The quantitative estimate of drug-likeness (QED) is 0.496. The Balaban J connectivity index is 1.46. The SMILES string of the molecule is CCC(Cc1nccc(-n2cc(C(N)=O)c3c(N4CCN(C(C)=O)CC4)cccc32)n1)C1CCC(O)CC1. The predicted molar refractivity (Wildman–Crippen MR) is 147 cm³/mol. The molecule has 2 aromatic heterocycles. The summed E-state index contributed by atoms with van der Waals surface area (Å²) in [6, 6.07) is 7.86. The minimum absolute atomic E-state index is 0.0813. The van der Waals surface area contributed by atoms with Gasteiger partial charge in [0, 0.05) is 63.0 Å². The van der Waals surface area contributed by atoms with Crippen molar-refractivity contribution >= 4 is 28.4 Å². The zero-order valence-electron chi connectivity index (χ0n) is 22.3. The van der Waals surface area contributed by atoms with Crippen molar-refractivity contribution in [1.82, 2.24) is 19.4 Å². The van der Waals surface area contributed by atoms with Gasteiger partial charge in [-0.1, -0.05) is 19.4 Å². The molecule has 1 aliphatic heterocycles. The smallest absolute Gasteiger partial charge is 0.250 e. The number of nitrogens with two attached hydrogens (primary N) is 1. The van der Waals surface area contributed by atoms with E-state index in [2.05, 4.69) is 16.8 Å². The summed E-state index contributed by atoms with van der Waals surface area (Å²) in [4.78, 5) is 38.0. The standard InChI is InChI=1S/C29H38N6O3/c1-3-20(21-7-9-22(37)10-8-21)17-26-31-12-11-27(32-26)35-18-23(29(30)38)28-24(5-4-6-25(28)35)34-15-13-33(14-16-34)19(2)36/h4-6,11-12,18,20-22,37H,3,7-10,13-17H2,1-2H3,(H2,30,38). The second kappa shape index (κ2) is 11.1. The number of hydrogen-bond donors (Lipinski definition) is 2. The monoisotopic (exact) mass is 518 g/mol. The lowest BCUT2D eigenvalue weighted by Gasteiger charge is -2.36. The van der Waals surface area contributed by atoms with Crippen LogP contribution in [0, 0.1) is 11.8 Å². The molecule has 1 atom stereocenters. The lowest BCUT2D eigenvalue weighted by atomic mass is 9.76. The normalized spacial score (nSPS) is 21.0. The van der Waals surface area contributed by atoms with Gasteiger partial charge >= 0.3 is 0 Å². The van der Waals surface area contributed by atoms with Crippen LogP contribution in [0.4, 0.5) is 5.69 Å². The summed E-state index contributed by atoms with van der Waals surface area (Å²) in [7, 11) is 0. The van der Waals surface area contributed by atoms with Crippen LogP contribution >= 0.6 is 0 Å². The number of aliphatic hydroxyl groups excluding tert-OH is 1. The summed E-state index contributed by atoms with van der Waals surface area (Å²) in [6.45, 7) is 6.49. The first-order valence-corrected chi connectivity index (χ1v) is 13.8. The molecule has 9 heteroatoms. The number of aliphatic hydroxyl groups is 1. The molecule has 38 heavy (non-hydrogen) atoms. The Kier molecular flexibility index (Phi) is 7.65. The molecule has 1 unspecified atom stereocenters. The summed E-state index contributed by atoms with van der Waals surface area (Å²) in [5.41, 5.74) is 8.13. The van der Waals surface area contributed by atoms with Crippen LogP contribution in [0.1, 0.15) is 62.1 Å². The first-order valence-electron chi connectivity index (χ1n) is 13.8. The number of fused-ring (bicyclic) bond motifs is 1. The lowest BCUT2D eigenvalue weighted by Crippen LogP contribution is -2.48. The van der Waals surface area contributed by atoms with Crippen LogP contribution in [0.3, 0.4) is 0 Å². The van der Waals surface area contributed by atoms with Gasteiger partial charge < -0.3 is 25.2 Å². The molecule has 202 valence electrons. The van der Waals surface area contributed by atoms with E-state index in [0.717, 1.165) is 60.9 Å². The highest BCUT2D eigenvalue weighted by Gasteiger charge is 2.27. The van der Waals surface area contributed by atoms with Crippen molar-refractivity contribution < 1.29 is 14.7 Å². The number of benzene rings is 1. The molecule has 3 heterocycles. The van der Waals surface area contributed by atoms with E-state index < -0.39 is 5.91 Å². The number of hydrogen-bond acceptors (Lipinski definition) is 6. The van der Waals surface area contributed by atoms with Crippen LogP contribution in [0.5, 0.6) is 0 Å². The minimum Gasteiger partial charge on any atom is -0.393 e. The average Bonchev–Trinajstić information content (AvgIpc) is 3.33. The van der Waals surface area contributed by atoms with E-state index in [9.17, 15) is 14.7 Å². The zero-order chi connectivity index (χ0) is 26.8. The average molecular weight is 519 g/mol. The molecule has 0 bridgehead atoms. The number of aromatic nitrogens is 3. The lowest BCUT2D eigenvalue weighted by molar-refractivity contribution is -0.129. The number of anilines is 1. The molecule has 2 fully saturated rings. The van der Waals surface area contributed by atoms with Gasteiger partial charge in [0.05, 0.1) is 17.2 Å². The van der Waals surface area contributed by atoms with Gasteiger partial charge in [0.2, 0.25) is 5.91 Å². The maximum Gasteiger partial charge on any atom is 0.250 e. The van der Waals surface area contributed by atoms with E-state index in [4.69, 9.17) is 10.7 Å². The van der Waals surface area contributed by atoms with Crippen LogP contribution < -0.4 is 10.6 Å². The molecule has 2 aliphatic rings. The second-order valence-corrected chi connectivity index (χ2v) is 10.7. The Hall–Kier alpha value is -3.46. The van der Waals surface area contributed by atoms with E-state index in [1.54, 1.807) is 19.3 Å². The largest absolute Gasteiger partial charge is 0.393 e. The highest BCUT2D eigenvalue weighted by atomic mass is 16.3. The summed E-state index contributed by atoms with van der Waals surface area (Å²) in [6.07, 6.45) is 9.10. The van der Waals surface area contributed by atoms with Gasteiger partial charge in [-0.3, -0.25) is 9.59 Å². The van der Waals surface area contributed by atoms with E-state index in [0.29, 0.717) is 49.4 Å². The van der Waals surface area contributed by atoms with Crippen molar-refractivity contribution in [2.24, 2.45) is 17.6 Å². The Bertz CT molecular complexity index is 1300. The van der Waals surface area contributed by atoms with Crippen molar-refractivity contribution in [3.8, 4) is 5.82 Å². The first-order chi connectivity index (χ1) is 18.4. The number of carbonyl (C=O) groups is 2. The molecule has 0 spiro atoms. The van der Waals surface area contributed by atoms with Crippen molar-refractivity contribution in [2.75, 3.05) is 31.1 Å². The summed E-state index contributed by atoms with van der Waals surface area (Å²) < 4.78 is 1.94. The Morgan fingerprint density at radius 3 is 2.50 bits per heavy atom. The van der Waals surface area contributed by atoms with Crippen LogP contribution in [0.2, 0.25) is 0 Å². The van der Waals surface area contributed by atoms with E-state index in [1.807, 2.05) is 33.7 Å². The van der Waals surface area contributed by atoms with Crippen LogP contribution in [-0.2, 0) is 11.2 Å². The second-order valence-electron chi connectivity index (χ2n) is 10.7. The molecule has 0 radical (unpaired) electrons. The molecule has 2 amide bonds. The summed E-state index contributed by atoms with van der Waals surface area (Å²) in [5, 5.41) is 10.7. The number of primary amides is 1. The van der Waals surface area contributed by atoms with Crippen molar-refractivity contribution in [3.05, 3.63) is 48.0 Å². The molecule has 1 saturated heterocycles. The first kappa shape index (κ1) is 26.2. The van der Waals surface area contributed by atoms with E-state index in [1.165, 1.54) is 0 Å². The van der Waals surface area contributed by atoms with Crippen LogP contribution in [-0.4, -0.2) is 68.6 Å². The van der Waals surface area contributed by atoms with E-state index >= 15 is 0 Å². The van der Waals surface area contributed by atoms with Crippen LogP contribution in [0.25, 0.3) is 16.7 Å². The Labute approximate surface area is 223 Å². The predicted octanol–water partition coefficient (Wildman–Crippen LogP) is 3.31. The third-order valence-electron chi connectivity index (χ3n) is 8.45. The number of rotatable bonds is 7. The maximum absolute atomic E-state index is 12.6. The molecule has 1 saturated carbocycles. The highest BCUT2D eigenvalue weighted by Crippen LogP contribution is 2.35. The van der Waals surface area contributed by atoms with Gasteiger partial charge in [-0.25, -0.2) is 9.97 Å². The minimum atomic E-state index is -0.483. The molecular weight excluding hydrogens is 480 g/mol. The van der Waals surface area contributed by atoms with Crippen LogP contribution in [0.15, 0.2) is 36.7 Å². The van der Waals surface area contributed by atoms with Gasteiger partial charge in [-0.2, -0.15) is 0 Å². The van der Waals surface area contributed by atoms with Crippen molar-refractivity contribution in [2.45, 2.75) is 58.5 Å². The maximum atomic E-state index is 12.6. The molecule has 3 N–H and O–H groups in total. The van der Waals surface area contributed by atoms with Gasteiger partial charge in [0.25, 0.3) is 5.91 Å². The molecular formula is C29H38N6O3.